The van der Waals surface area contributed by atoms with Gasteiger partial charge in [-0.05, 0) is 64.2 Å². The van der Waals surface area contributed by atoms with Crippen molar-refractivity contribution in [1.29, 1.82) is 0 Å². The Morgan fingerprint density at radius 3 is 0.772 bits per heavy atom. The first-order valence-electron chi connectivity index (χ1n) is 34.8. The molecule has 0 saturated heterocycles. The molecule has 460 valence electrons. The Bertz CT molecular complexity index is 1410. The summed E-state index contributed by atoms with van der Waals surface area (Å²) >= 11 is 0. The minimum atomic E-state index is -0.769. The minimum absolute atomic E-state index is 0.0671. The van der Waals surface area contributed by atoms with Crippen LogP contribution in [0.25, 0.3) is 0 Å². The van der Waals surface area contributed by atoms with E-state index < -0.39 is 6.10 Å². The van der Waals surface area contributed by atoms with Gasteiger partial charge < -0.3 is 14.2 Å². The molecule has 0 radical (unpaired) electrons. The number of rotatable bonds is 64. The van der Waals surface area contributed by atoms with Crippen molar-refractivity contribution in [3.63, 3.8) is 0 Å². The Balaban J connectivity index is 4.12. The summed E-state index contributed by atoms with van der Waals surface area (Å²) in [5.41, 5.74) is 0. The molecule has 0 aromatic heterocycles. The van der Waals surface area contributed by atoms with Crippen LogP contribution < -0.4 is 0 Å². The maximum absolute atomic E-state index is 12.9. The van der Waals surface area contributed by atoms with Crippen molar-refractivity contribution >= 4 is 17.9 Å². The molecule has 0 aliphatic heterocycles. The molecule has 0 aromatic rings. The molecule has 0 aliphatic rings. The van der Waals surface area contributed by atoms with E-state index in [1.54, 1.807) is 0 Å². The van der Waals surface area contributed by atoms with Gasteiger partial charge in [0.25, 0.3) is 0 Å². The van der Waals surface area contributed by atoms with Gasteiger partial charge in [-0.25, -0.2) is 0 Å². The van der Waals surface area contributed by atoms with Crippen molar-refractivity contribution in [3.8, 4) is 0 Å². The van der Waals surface area contributed by atoms with Crippen molar-refractivity contribution < 1.29 is 28.6 Å². The van der Waals surface area contributed by atoms with Crippen LogP contribution in [-0.4, -0.2) is 37.2 Å². The number of allylic oxidation sites excluding steroid dienone is 10. The van der Waals surface area contributed by atoms with Crippen LogP contribution in [0, 0.1) is 0 Å². The number of hydrogen-bond donors (Lipinski definition) is 0. The average molecular weight is 1110 g/mol. The third kappa shape index (κ3) is 65.8. The molecule has 0 aliphatic carbocycles. The summed E-state index contributed by atoms with van der Waals surface area (Å²) in [6.45, 7) is 6.58. The minimum Gasteiger partial charge on any atom is -0.462 e. The molecule has 0 aromatic carbocycles. The number of esters is 3. The number of ether oxygens (including phenoxy) is 3. The molecule has 0 amide bonds. The monoisotopic (exact) mass is 1110 g/mol. The van der Waals surface area contributed by atoms with E-state index in [9.17, 15) is 14.4 Å². The molecule has 0 rings (SSSR count). The van der Waals surface area contributed by atoms with Crippen LogP contribution in [0.1, 0.15) is 367 Å². The summed E-state index contributed by atoms with van der Waals surface area (Å²) in [6, 6.07) is 0. The molecule has 0 spiro atoms. The average Bonchev–Trinajstić information content (AvgIpc) is 3.45. The smallest absolute Gasteiger partial charge is 0.306 e. The summed E-state index contributed by atoms with van der Waals surface area (Å²) in [5.74, 6) is -0.844. The number of unbranched alkanes of at least 4 members (excludes halogenated alkanes) is 43. The maximum Gasteiger partial charge on any atom is 0.306 e. The van der Waals surface area contributed by atoms with Gasteiger partial charge in [0, 0.05) is 19.3 Å². The number of hydrogen-bond acceptors (Lipinski definition) is 6. The van der Waals surface area contributed by atoms with E-state index in [4.69, 9.17) is 14.2 Å². The van der Waals surface area contributed by atoms with Gasteiger partial charge in [-0.1, -0.05) is 345 Å². The first-order chi connectivity index (χ1) is 39.0. The normalized spacial score (nSPS) is 12.4. The zero-order valence-electron chi connectivity index (χ0n) is 52.9. The van der Waals surface area contributed by atoms with E-state index in [1.165, 1.54) is 238 Å². The van der Waals surface area contributed by atoms with Gasteiger partial charge in [-0.15, -0.1) is 0 Å². The lowest BCUT2D eigenvalue weighted by atomic mass is 10.0. The fraction of sp³-hybridized carbons (Fsp3) is 0.822. The second kappa shape index (κ2) is 67.6. The maximum atomic E-state index is 12.9. The highest BCUT2D eigenvalue weighted by Gasteiger charge is 2.19. The lowest BCUT2D eigenvalue weighted by Crippen LogP contribution is -2.30. The molecular formula is C73H132O6. The van der Waals surface area contributed by atoms with Crippen LogP contribution in [0.3, 0.4) is 0 Å². The van der Waals surface area contributed by atoms with Gasteiger partial charge in [-0.3, -0.25) is 14.4 Å². The molecule has 0 saturated carbocycles. The van der Waals surface area contributed by atoms with E-state index in [2.05, 4.69) is 81.5 Å². The predicted molar refractivity (Wildman–Crippen MR) is 344 cm³/mol. The lowest BCUT2D eigenvalue weighted by Gasteiger charge is -2.18. The van der Waals surface area contributed by atoms with Crippen LogP contribution in [0.5, 0.6) is 0 Å². The molecule has 79 heavy (non-hydrogen) atoms. The van der Waals surface area contributed by atoms with Gasteiger partial charge in [0.15, 0.2) is 6.10 Å². The van der Waals surface area contributed by atoms with Crippen LogP contribution in [0.2, 0.25) is 0 Å². The Morgan fingerprint density at radius 1 is 0.266 bits per heavy atom. The van der Waals surface area contributed by atoms with Gasteiger partial charge in [0.2, 0.25) is 0 Å². The molecule has 6 heteroatoms. The fourth-order valence-electron chi connectivity index (χ4n) is 10.4. The largest absolute Gasteiger partial charge is 0.462 e. The molecule has 0 N–H and O–H groups in total. The SMILES string of the molecule is CC/C=C\C/C=C\C/C=C\C/C=C\C/C=C\CCCCCCCCCCCCCCCCCC(=O)OCC(COC(=O)CCCCCCCCCCCC)OC(=O)CCCCCCCCCCCCCCCCCCCCCC. The summed E-state index contributed by atoms with van der Waals surface area (Å²) in [7, 11) is 0. The summed E-state index contributed by atoms with van der Waals surface area (Å²) in [5, 5.41) is 0. The van der Waals surface area contributed by atoms with E-state index in [1.807, 2.05) is 0 Å². The Hall–Kier alpha value is -2.89. The van der Waals surface area contributed by atoms with Crippen molar-refractivity contribution in [2.45, 2.75) is 374 Å². The molecule has 0 fully saturated rings. The van der Waals surface area contributed by atoms with Crippen molar-refractivity contribution in [2.24, 2.45) is 0 Å². The summed E-state index contributed by atoms with van der Waals surface area (Å²) in [6.07, 6.45) is 86.8. The highest BCUT2D eigenvalue weighted by atomic mass is 16.6. The Morgan fingerprint density at radius 2 is 0.494 bits per heavy atom. The summed E-state index contributed by atoms with van der Waals surface area (Å²) < 4.78 is 16.9. The molecule has 1 unspecified atom stereocenters. The third-order valence-corrected chi connectivity index (χ3v) is 15.5. The van der Waals surface area contributed by atoms with Crippen molar-refractivity contribution in [3.05, 3.63) is 60.8 Å². The van der Waals surface area contributed by atoms with Gasteiger partial charge in [0.05, 0.1) is 0 Å². The Labute approximate surface area is 491 Å². The first-order valence-corrected chi connectivity index (χ1v) is 34.8. The van der Waals surface area contributed by atoms with E-state index >= 15 is 0 Å². The van der Waals surface area contributed by atoms with Crippen molar-refractivity contribution in [1.82, 2.24) is 0 Å². The van der Waals surface area contributed by atoms with Crippen LogP contribution in [-0.2, 0) is 28.6 Å². The second-order valence-electron chi connectivity index (χ2n) is 23.4. The Kier molecular flexibility index (Phi) is 65.1. The van der Waals surface area contributed by atoms with E-state index in [-0.39, 0.29) is 31.1 Å². The highest BCUT2D eigenvalue weighted by Crippen LogP contribution is 2.18. The summed E-state index contributed by atoms with van der Waals surface area (Å²) in [4.78, 5) is 38.3. The highest BCUT2D eigenvalue weighted by molar-refractivity contribution is 5.71. The number of carbonyl (C=O) groups excluding carboxylic acids is 3. The van der Waals surface area contributed by atoms with Crippen LogP contribution in [0.4, 0.5) is 0 Å². The molecule has 0 heterocycles. The molecule has 1 atom stereocenters. The third-order valence-electron chi connectivity index (χ3n) is 15.5. The van der Waals surface area contributed by atoms with Crippen molar-refractivity contribution in [2.75, 3.05) is 13.2 Å². The second-order valence-corrected chi connectivity index (χ2v) is 23.4. The van der Waals surface area contributed by atoms with E-state index in [0.717, 1.165) is 89.9 Å². The van der Waals surface area contributed by atoms with Gasteiger partial charge >= 0.3 is 17.9 Å². The molecule has 6 nitrogen and oxygen atoms in total. The first kappa shape index (κ1) is 76.1. The topological polar surface area (TPSA) is 78.9 Å². The van der Waals surface area contributed by atoms with Crippen LogP contribution >= 0.6 is 0 Å². The standard InChI is InChI=1S/C73H132O6/c1-4-7-10-13-16-19-22-24-26-28-30-32-33-34-35-36-37-38-39-40-41-42-44-45-47-49-51-54-57-60-63-66-72(75)78-69-70(68-77-71(74)65-62-59-56-53-21-18-15-12-9-6-3)79-73(76)67-64-61-58-55-52-50-48-46-43-31-29-27-25-23-20-17-14-11-8-5-2/h7,10,16,19,24,26,30,32,34-35,70H,4-6,8-9,11-15,17-18,20-23,25,27-29,31,33,36-69H2,1-3H3/b10-7-,19-16-,26-24-,32-30-,35-34-. The van der Waals surface area contributed by atoms with Gasteiger partial charge in [0.1, 0.15) is 13.2 Å². The zero-order valence-corrected chi connectivity index (χ0v) is 52.9. The number of carbonyl (C=O) groups is 3. The molecule has 0 bridgehead atoms. The predicted octanol–water partition coefficient (Wildman–Crippen LogP) is 23.9. The van der Waals surface area contributed by atoms with Gasteiger partial charge in [-0.2, -0.15) is 0 Å². The molecular weight excluding hydrogens is 973 g/mol. The lowest BCUT2D eigenvalue weighted by molar-refractivity contribution is -0.167. The zero-order chi connectivity index (χ0) is 57.1. The van der Waals surface area contributed by atoms with Crippen LogP contribution in [0.15, 0.2) is 60.8 Å². The van der Waals surface area contributed by atoms with E-state index in [0.29, 0.717) is 19.3 Å². The fourth-order valence-corrected chi connectivity index (χ4v) is 10.4. The quantitative estimate of drug-likeness (QED) is 0.0261.